The summed E-state index contributed by atoms with van der Waals surface area (Å²) in [6.07, 6.45) is 0.968. The Hall–Kier alpha value is -3.58. The van der Waals surface area contributed by atoms with Crippen molar-refractivity contribution in [2.24, 2.45) is 13.0 Å². The SMILES string of the molecule is Cn1nnnc1C[C@H]1O[C@@H](c2cccc(Cl)c2)[C@@H](c2ccc(Cl)cc2)N([C@@H](CN(c2ccccc2F)S(=O)(=O)C2CC2)C2CC2)C1=O. The van der Waals surface area contributed by atoms with E-state index in [0.717, 1.165) is 24.0 Å². The number of carbonyl (C=O) groups is 1. The van der Waals surface area contributed by atoms with Gasteiger partial charge in [-0.3, -0.25) is 9.10 Å². The molecule has 1 saturated heterocycles. The van der Waals surface area contributed by atoms with E-state index in [1.165, 1.54) is 27.2 Å². The maximum atomic E-state index is 15.4. The summed E-state index contributed by atoms with van der Waals surface area (Å²) >= 11 is 12.8. The molecule has 0 bridgehead atoms. The molecule has 4 atom stereocenters. The van der Waals surface area contributed by atoms with Crippen LogP contribution >= 0.6 is 23.2 Å². The summed E-state index contributed by atoms with van der Waals surface area (Å²) < 4.78 is 52.8. The van der Waals surface area contributed by atoms with E-state index in [2.05, 4.69) is 15.5 Å². The van der Waals surface area contributed by atoms with Crippen LogP contribution in [0.25, 0.3) is 0 Å². The summed E-state index contributed by atoms with van der Waals surface area (Å²) in [5.41, 5.74) is 1.46. The van der Waals surface area contributed by atoms with Crippen LogP contribution < -0.4 is 4.31 Å². The summed E-state index contributed by atoms with van der Waals surface area (Å²) in [5.74, 6) is -0.545. The maximum Gasteiger partial charge on any atom is 0.253 e. The van der Waals surface area contributed by atoms with Gasteiger partial charge in [0.1, 0.15) is 18.0 Å². The first kappa shape index (κ1) is 32.0. The molecule has 4 aromatic rings. The standard InChI is InChI=1S/C33H33Cl2FN6O4S/c1-40-30(37-38-39-40)18-29-33(43)42(31(21-11-13-23(34)14-12-21)32(46-29)22-5-4-6-24(35)17-22)28(20-9-10-20)19-41(47(44,45)25-15-16-25)27-8-3-2-7-26(27)36/h2-8,11-14,17,20,25,28-29,31-32H,9-10,15-16,18-19H2,1H3/t28-,29+,31+,32-/m0/s1. The van der Waals surface area contributed by atoms with Gasteiger partial charge in [-0.15, -0.1) is 5.10 Å². The molecule has 0 radical (unpaired) electrons. The van der Waals surface area contributed by atoms with Gasteiger partial charge in [-0.1, -0.05) is 59.6 Å². The lowest BCUT2D eigenvalue weighted by molar-refractivity contribution is -0.180. The minimum Gasteiger partial charge on any atom is -0.357 e. The molecule has 2 heterocycles. The molecule has 7 rings (SSSR count). The molecule has 1 amide bonds. The van der Waals surface area contributed by atoms with Crippen LogP contribution in [0.3, 0.4) is 0 Å². The average Bonchev–Trinajstić information content (AvgIpc) is 3.98. The van der Waals surface area contributed by atoms with E-state index < -0.39 is 45.4 Å². The molecule has 0 spiro atoms. The van der Waals surface area contributed by atoms with Crippen molar-refractivity contribution in [2.75, 3.05) is 10.8 Å². The molecule has 0 unspecified atom stereocenters. The fourth-order valence-electron chi connectivity index (χ4n) is 6.44. The van der Waals surface area contributed by atoms with Crippen molar-refractivity contribution in [1.82, 2.24) is 25.1 Å². The molecule has 2 saturated carbocycles. The minimum absolute atomic E-state index is 0.0207. The lowest BCUT2D eigenvalue weighted by Crippen LogP contribution is -2.59. The molecular formula is C33H33Cl2FN6O4S. The normalized spacial score (nSPS) is 22.3. The Kier molecular flexibility index (Phi) is 8.71. The van der Waals surface area contributed by atoms with Crippen molar-refractivity contribution in [1.29, 1.82) is 0 Å². The number of para-hydroxylation sites is 1. The summed E-state index contributed by atoms with van der Waals surface area (Å²) in [5, 5.41) is 12.2. The molecule has 246 valence electrons. The van der Waals surface area contributed by atoms with Crippen LogP contribution in [0.15, 0.2) is 72.8 Å². The predicted molar refractivity (Wildman–Crippen MR) is 175 cm³/mol. The van der Waals surface area contributed by atoms with E-state index in [0.29, 0.717) is 28.7 Å². The Bertz CT molecular complexity index is 1890. The van der Waals surface area contributed by atoms with Crippen molar-refractivity contribution < 1.29 is 22.3 Å². The second-order valence-electron chi connectivity index (χ2n) is 12.4. The molecule has 3 aliphatic rings. The number of carbonyl (C=O) groups excluding carboxylic acids is 1. The number of hydrogen-bond acceptors (Lipinski definition) is 7. The summed E-state index contributed by atoms with van der Waals surface area (Å²) in [4.78, 5) is 16.6. The topological polar surface area (TPSA) is 111 Å². The van der Waals surface area contributed by atoms with Crippen LogP contribution in [-0.2, 0) is 33.0 Å². The highest BCUT2D eigenvalue weighted by molar-refractivity contribution is 7.93. The Morgan fingerprint density at radius 3 is 2.36 bits per heavy atom. The lowest BCUT2D eigenvalue weighted by Gasteiger charge is -2.49. The van der Waals surface area contributed by atoms with Crippen LogP contribution in [-0.4, -0.2) is 63.4 Å². The number of aryl methyl sites for hydroxylation is 1. The van der Waals surface area contributed by atoms with E-state index in [-0.39, 0.29) is 30.5 Å². The third-order valence-corrected chi connectivity index (χ3v) is 11.9. The van der Waals surface area contributed by atoms with Crippen molar-refractivity contribution in [3.8, 4) is 0 Å². The quantitative estimate of drug-likeness (QED) is 0.198. The third-order valence-electron chi connectivity index (χ3n) is 9.14. The number of morpholine rings is 1. The first-order chi connectivity index (χ1) is 22.6. The Balaban J connectivity index is 1.38. The van der Waals surface area contributed by atoms with Crippen LogP contribution in [0, 0.1) is 11.7 Å². The minimum atomic E-state index is -3.92. The fourth-order valence-corrected chi connectivity index (χ4v) is 8.64. The highest BCUT2D eigenvalue weighted by atomic mass is 35.5. The van der Waals surface area contributed by atoms with E-state index >= 15 is 4.39 Å². The number of sulfonamides is 1. The summed E-state index contributed by atoms with van der Waals surface area (Å²) in [6.45, 7) is -0.110. The molecule has 47 heavy (non-hydrogen) atoms. The van der Waals surface area contributed by atoms with E-state index in [4.69, 9.17) is 27.9 Å². The van der Waals surface area contributed by atoms with Gasteiger partial charge in [0.2, 0.25) is 10.0 Å². The first-order valence-corrected chi connectivity index (χ1v) is 17.8. The molecule has 1 aromatic heterocycles. The summed E-state index contributed by atoms with van der Waals surface area (Å²) in [7, 11) is -2.23. The van der Waals surface area contributed by atoms with Crippen LogP contribution in [0.2, 0.25) is 10.0 Å². The average molecular weight is 700 g/mol. The van der Waals surface area contributed by atoms with Gasteiger partial charge < -0.3 is 9.64 Å². The van der Waals surface area contributed by atoms with Crippen LogP contribution in [0.5, 0.6) is 0 Å². The van der Waals surface area contributed by atoms with Crippen molar-refractivity contribution in [3.63, 3.8) is 0 Å². The fraction of sp³-hybridized carbons (Fsp3) is 0.394. The van der Waals surface area contributed by atoms with Gasteiger partial charge >= 0.3 is 0 Å². The largest absolute Gasteiger partial charge is 0.357 e. The molecular weight excluding hydrogens is 666 g/mol. The first-order valence-electron chi connectivity index (χ1n) is 15.6. The van der Waals surface area contributed by atoms with Gasteiger partial charge in [-0.2, -0.15) is 0 Å². The van der Waals surface area contributed by atoms with Gasteiger partial charge in [0.05, 0.1) is 29.6 Å². The number of tetrazole rings is 1. The number of ether oxygens (including phenoxy) is 1. The van der Waals surface area contributed by atoms with Gasteiger partial charge in [0.25, 0.3) is 5.91 Å². The number of hydrogen-bond donors (Lipinski definition) is 0. The Morgan fingerprint density at radius 1 is 0.979 bits per heavy atom. The highest BCUT2D eigenvalue weighted by Gasteiger charge is 2.52. The smallest absolute Gasteiger partial charge is 0.253 e. The van der Waals surface area contributed by atoms with Gasteiger partial charge in [-0.25, -0.2) is 17.5 Å². The third kappa shape index (κ3) is 6.48. The Morgan fingerprint density at radius 2 is 1.72 bits per heavy atom. The number of rotatable bonds is 11. The maximum absolute atomic E-state index is 15.4. The zero-order valence-corrected chi connectivity index (χ0v) is 27.8. The predicted octanol–water partition coefficient (Wildman–Crippen LogP) is 5.69. The van der Waals surface area contributed by atoms with Gasteiger partial charge in [-0.05, 0) is 89.6 Å². The molecule has 2 aliphatic carbocycles. The number of anilines is 1. The van der Waals surface area contributed by atoms with Crippen LogP contribution in [0.4, 0.5) is 10.1 Å². The second-order valence-corrected chi connectivity index (χ2v) is 15.4. The number of aromatic nitrogens is 4. The highest BCUT2D eigenvalue weighted by Crippen LogP contribution is 2.49. The lowest BCUT2D eigenvalue weighted by atomic mass is 9.89. The molecule has 3 aromatic carbocycles. The number of amides is 1. The van der Waals surface area contributed by atoms with Crippen molar-refractivity contribution >= 4 is 44.8 Å². The molecule has 10 nitrogen and oxygen atoms in total. The van der Waals surface area contributed by atoms with Crippen molar-refractivity contribution in [2.45, 2.75) is 61.6 Å². The molecule has 1 aliphatic heterocycles. The Labute approximate surface area is 282 Å². The van der Waals surface area contributed by atoms with E-state index in [1.54, 1.807) is 42.3 Å². The van der Waals surface area contributed by atoms with Gasteiger partial charge in [0.15, 0.2) is 5.82 Å². The summed E-state index contributed by atoms with van der Waals surface area (Å²) in [6, 6.07) is 19.1. The molecule has 14 heteroatoms. The number of halogens is 3. The zero-order chi connectivity index (χ0) is 32.9. The van der Waals surface area contributed by atoms with Crippen molar-refractivity contribution in [3.05, 3.63) is 106 Å². The van der Waals surface area contributed by atoms with Crippen LogP contribution in [0.1, 0.15) is 54.8 Å². The molecule has 3 fully saturated rings. The monoisotopic (exact) mass is 698 g/mol. The zero-order valence-electron chi connectivity index (χ0n) is 25.5. The number of benzene rings is 3. The molecule has 0 N–H and O–H groups in total. The second kappa shape index (κ2) is 12.8. The van der Waals surface area contributed by atoms with E-state index in [9.17, 15) is 13.2 Å². The van der Waals surface area contributed by atoms with E-state index in [1.807, 2.05) is 24.3 Å². The van der Waals surface area contributed by atoms with Gasteiger partial charge in [0, 0.05) is 23.5 Å². The number of nitrogens with zero attached hydrogens (tertiary/aromatic N) is 6.